The van der Waals surface area contributed by atoms with Gasteiger partial charge in [-0.3, -0.25) is 0 Å². The Kier molecular flexibility index (Phi) is 6.10. The molecule has 0 amide bonds. The average Bonchev–Trinajstić information content (AvgIpc) is 2.30. The molecule has 5 N–H and O–H groups in total. The first kappa shape index (κ1) is 11.9. The third kappa shape index (κ3) is 4.37. The van der Waals surface area contributed by atoms with E-state index in [1.807, 2.05) is 0 Å². The first-order valence-electron chi connectivity index (χ1n) is 5.71. The van der Waals surface area contributed by atoms with E-state index in [9.17, 15) is 0 Å². The van der Waals surface area contributed by atoms with Crippen molar-refractivity contribution in [2.75, 3.05) is 0 Å². The van der Waals surface area contributed by atoms with Crippen LogP contribution >= 0.6 is 0 Å². The predicted octanol–water partition coefficient (Wildman–Crippen LogP) is 1.42. The van der Waals surface area contributed by atoms with Crippen molar-refractivity contribution in [3.63, 3.8) is 0 Å². The molecule has 0 bridgehead atoms. The van der Waals surface area contributed by atoms with E-state index in [1.165, 1.54) is 51.4 Å². The monoisotopic (exact) mass is 201 g/mol. The normalized spacial score (nSPS) is 23.6. The highest BCUT2D eigenvalue weighted by atomic mass is 16.8. The van der Waals surface area contributed by atoms with E-state index in [2.05, 4.69) is 10.4 Å². The van der Waals surface area contributed by atoms with Crippen molar-refractivity contribution in [3.8, 4) is 0 Å². The number of hydroxylamine groups is 1. The van der Waals surface area contributed by atoms with Crippen LogP contribution in [0.5, 0.6) is 0 Å². The molecule has 1 rings (SSSR count). The van der Waals surface area contributed by atoms with Gasteiger partial charge in [-0.05, 0) is 18.8 Å². The molecular formula is C10H23N3O. The fourth-order valence-corrected chi connectivity index (χ4v) is 2.20. The maximum atomic E-state index is 5.91. The summed E-state index contributed by atoms with van der Waals surface area (Å²) in [5.74, 6) is 5.46. The Morgan fingerprint density at radius 3 is 2.00 bits per heavy atom. The zero-order valence-corrected chi connectivity index (χ0v) is 8.87. The standard InChI is InChI=1S/C10H23N3O/c11-10(13-14-12)9-7-5-3-1-2-4-6-8-9/h9-10,13H,1-8,11-12H2. The van der Waals surface area contributed by atoms with Gasteiger partial charge in [0.25, 0.3) is 0 Å². The Balaban J connectivity index is 2.31. The Hall–Kier alpha value is -0.160. The molecule has 1 unspecified atom stereocenters. The van der Waals surface area contributed by atoms with Gasteiger partial charge < -0.3 is 5.73 Å². The van der Waals surface area contributed by atoms with Gasteiger partial charge in [-0.2, -0.15) is 11.4 Å². The molecule has 4 nitrogen and oxygen atoms in total. The predicted molar refractivity (Wildman–Crippen MR) is 56.8 cm³/mol. The van der Waals surface area contributed by atoms with Crippen molar-refractivity contribution < 1.29 is 4.94 Å². The summed E-state index contributed by atoms with van der Waals surface area (Å²) in [5, 5.41) is 0. The Labute approximate surface area is 86.3 Å². The van der Waals surface area contributed by atoms with Crippen LogP contribution in [0.2, 0.25) is 0 Å². The van der Waals surface area contributed by atoms with E-state index in [1.54, 1.807) is 0 Å². The first-order valence-corrected chi connectivity index (χ1v) is 5.71. The van der Waals surface area contributed by atoms with Crippen molar-refractivity contribution in [1.82, 2.24) is 5.48 Å². The average molecular weight is 201 g/mol. The van der Waals surface area contributed by atoms with Crippen molar-refractivity contribution in [3.05, 3.63) is 0 Å². The van der Waals surface area contributed by atoms with Crippen molar-refractivity contribution in [2.24, 2.45) is 17.5 Å². The summed E-state index contributed by atoms with van der Waals surface area (Å²) in [4.78, 5) is 4.39. The molecule has 1 saturated carbocycles. The molecule has 0 aromatic carbocycles. The van der Waals surface area contributed by atoms with E-state index in [4.69, 9.17) is 11.6 Å². The highest BCUT2D eigenvalue weighted by Crippen LogP contribution is 2.22. The largest absolute Gasteiger partial charge is 0.314 e. The van der Waals surface area contributed by atoms with E-state index in [0.717, 1.165) is 0 Å². The SMILES string of the molecule is NONC(N)C1CCCCCCCC1. The quantitative estimate of drug-likeness (QED) is 0.477. The van der Waals surface area contributed by atoms with Gasteiger partial charge >= 0.3 is 0 Å². The molecular weight excluding hydrogens is 178 g/mol. The summed E-state index contributed by atoms with van der Waals surface area (Å²) < 4.78 is 0. The van der Waals surface area contributed by atoms with Gasteiger partial charge in [0.2, 0.25) is 0 Å². The Bertz CT molecular complexity index is 133. The number of hydrogen-bond donors (Lipinski definition) is 3. The van der Waals surface area contributed by atoms with Crippen LogP contribution < -0.4 is 17.1 Å². The van der Waals surface area contributed by atoms with E-state index < -0.39 is 0 Å². The van der Waals surface area contributed by atoms with E-state index >= 15 is 0 Å². The minimum atomic E-state index is -0.113. The summed E-state index contributed by atoms with van der Waals surface area (Å²) in [6.45, 7) is 0. The molecule has 0 aliphatic heterocycles. The summed E-state index contributed by atoms with van der Waals surface area (Å²) >= 11 is 0. The molecule has 0 aromatic rings. The molecule has 1 aliphatic rings. The van der Waals surface area contributed by atoms with Crippen LogP contribution in [0.1, 0.15) is 51.4 Å². The van der Waals surface area contributed by atoms with Crippen LogP contribution in [0, 0.1) is 5.92 Å². The molecule has 0 heterocycles. The van der Waals surface area contributed by atoms with Gasteiger partial charge in [-0.25, -0.2) is 4.94 Å². The summed E-state index contributed by atoms with van der Waals surface area (Å²) in [6.07, 6.45) is 10.3. The van der Waals surface area contributed by atoms with Crippen LogP contribution in [0.25, 0.3) is 0 Å². The van der Waals surface area contributed by atoms with Crippen molar-refractivity contribution >= 4 is 0 Å². The second-order valence-electron chi connectivity index (χ2n) is 4.22. The zero-order chi connectivity index (χ0) is 10.2. The number of rotatable bonds is 3. The van der Waals surface area contributed by atoms with E-state index in [0.29, 0.717) is 5.92 Å². The Morgan fingerprint density at radius 2 is 1.50 bits per heavy atom. The lowest BCUT2D eigenvalue weighted by molar-refractivity contribution is -0.00134. The van der Waals surface area contributed by atoms with Gasteiger partial charge in [-0.1, -0.05) is 38.5 Å². The molecule has 0 saturated heterocycles. The lowest BCUT2D eigenvalue weighted by Gasteiger charge is -2.22. The molecule has 0 spiro atoms. The van der Waals surface area contributed by atoms with Gasteiger partial charge in [0.05, 0.1) is 6.17 Å². The number of nitrogens with one attached hydrogen (secondary N) is 1. The molecule has 0 aromatic heterocycles. The third-order valence-electron chi connectivity index (χ3n) is 3.11. The second-order valence-corrected chi connectivity index (χ2v) is 4.22. The maximum Gasteiger partial charge on any atom is 0.0834 e. The van der Waals surface area contributed by atoms with Crippen LogP contribution in [-0.4, -0.2) is 6.17 Å². The topological polar surface area (TPSA) is 73.3 Å². The van der Waals surface area contributed by atoms with Crippen LogP contribution in [-0.2, 0) is 4.94 Å². The van der Waals surface area contributed by atoms with Gasteiger partial charge in [0, 0.05) is 0 Å². The number of nitrogens with two attached hydrogens (primary N) is 2. The van der Waals surface area contributed by atoms with Crippen LogP contribution in [0.15, 0.2) is 0 Å². The lowest BCUT2D eigenvalue weighted by atomic mass is 9.94. The Morgan fingerprint density at radius 1 is 1.00 bits per heavy atom. The molecule has 1 fully saturated rings. The fourth-order valence-electron chi connectivity index (χ4n) is 2.20. The maximum absolute atomic E-state index is 5.91. The zero-order valence-electron chi connectivity index (χ0n) is 8.87. The third-order valence-corrected chi connectivity index (χ3v) is 3.11. The molecule has 1 atom stereocenters. The molecule has 1 aliphatic carbocycles. The van der Waals surface area contributed by atoms with Crippen molar-refractivity contribution in [2.45, 2.75) is 57.5 Å². The minimum absolute atomic E-state index is 0.113. The summed E-state index contributed by atoms with van der Waals surface area (Å²) in [5.41, 5.74) is 8.55. The smallest absolute Gasteiger partial charge is 0.0834 e. The van der Waals surface area contributed by atoms with Crippen LogP contribution in [0.3, 0.4) is 0 Å². The van der Waals surface area contributed by atoms with E-state index in [-0.39, 0.29) is 6.17 Å². The summed E-state index contributed by atoms with van der Waals surface area (Å²) in [7, 11) is 0. The fraction of sp³-hybridized carbons (Fsp3) is 1.00. The second kappa shape index (κ2) is 7.17. The van der Waals surface area contributed by atoms with Crippen molar-refractivity contribution in [1.29, 1.82) is 0 Å². The first-order chi connectivity index (χ1) is 6.84. The molecule has 0 radical (unpaired) electrons. The van der Waals surface area contributed by atoms with Crippen LogP contribution in [0.4, 0.5) is 0 Å². The van der Waals surface area contributed by atoms with Gasteiger partial charge in [-0.15, -0.1) is 0 Å². The highest BCUT2D eigenvalue weighted by molar-refractivity contribution is 4.70. The molecule has 14 heavy (non-hydrogen) atoms. The summed E-state index contributed by atoms with van der Waals surface area (Å²) in [6, 6.07) is 0. The lowest BCUT2D eigenvalue weighted by Crippen LogP contribution is -2.45. The molecule has 84 valence electrons. The highest BCUT2D eigenvalue weighted by Gasteiger charge is 2.17. The van der Waals surface area contributed by atoms with Gasteiger partial charge in [0.1, 0.15) is 0 Å². The minimum Gasteiger partial charge on any atom is -0.314 e. The number of hydrogen-bond acceptors (Lipinski definition) is 4. The molecule has 4 heteroatoms. The van der Waals surface area contributed by atoms with Gasteiger partial charge in [0.15, 0.2) is 0 Å².